The van der Waals surface area contributed by atoms with Crippen molar-refractivity contribution < 1.29 is 27.6 Å². The summed E-state index contributed by atoms with van der Waals surface area (Å²) in [6, 6.07) is 13.7. The normalized spacial score (nSPS) is 11.3. The predicted octanol–water partition coefficient (Wildman–Crippen LogP) is 1.91. The minimum atomic E-state index is -3.88. The molecule has 8 heteroatoms. The van der Waals surface area contributed by atoms with Crippen molar-refractivity contribution in [2.24, 2.45) is 0 Å². The van der Waals surface area contributed by atoms with Crippen molar-refractivity contribution in [3.8, 4) is 0 Å². The molecule has 0 aliphatic rings. The number of carbonyl (C=O) groups is 2. The number of hydrogen-bond acceptors (Lipinski definition) is 6. The first kappa shape index (κ1) is 18.8. The van der Waals surface area contributed by atoms with E-state index in [1.165, 1.54) is 38.4 Å². The molecular formula is C17H17NO6S. The molecule has 0 saturated carbocycles. The number of ketones is 1. The van der Waals surface area contributed by atoms with Crippen LogP contribution in [0.3, 0.4) is 0 Å². The Kier molecular flexibility index (Phi) is 6.02. The molecule has 0 spiro atoms. The number of hydroxylamine groups is 1. The summed E-state index contributed by atoms with van der Waals surface area (Å²) in [7, 11) is -1.43. The van der Waals surface area contributed by atoms with E-state index in [1.54, 1.807) is 30.3 Å². The average molecular weight is 363 g/mol. The SMILES string of the molecule is CON(C)S(=O)(=O)c1cccc(C(=O)OCC(=O)c2ccccc2)c1. The molecule has 132 valence electrons. The number of nitrogens with zero attached hydrogens (tertiary/aromatic N) is 1. The molecule has 0 fully saturated rings. The third kappa shape index (κ3) is 4.50. The fraction of sp³-hybridized carbons (Fsp3) is 0.176. The maximum Gasteiger partial charge on any atom is 0.338 e. The average Bonchev–Trinajstić information content (AvgIpc) is 2.65. The largest absolute Gasteiger partial charge is 0.454 e. The van der Waals surface area contributed by atoms with Crippen molar-refractivity contribution in [3.63, 3.8) is 0 Å². The molecule has 2 rings (SSSR count). The van der Waals surface area contributed by atoms with E-state index in [-0.39, 0.29) is 16.2 Å². The lowest BCUT2D eigenvalue weighted by atomic mass is 10.1. The third-order valence-corrected chi connectivity index (χ3v) is 5.07. The van der Waals surface area contributed by atoms with Crippen LogP contribution in [0, 0.1) is 0 Å². The van der Waals surface area contributed by atoms with E-state index in [2.05, 4.69) is 4.84 Å². The van der Waals surface area contributed by atoms with Gasteiger partial charge in [-0.3, -0.25) is 9.63 Å². The molecule has 0 bridgehead atoms. The Hall–Kier alpha value is -2.55. The number of hydrogen-bond donors (Lipinski definition) is 0. The van der Waals surface area contributed by atoms with Crippen molar-refractivity contribution >= 4 is 21.8 Å². The van der Waals surface area contributed by atoms with Crippen molar-refractivity contribution in [1.29, 1.82) is 0 Å². The zero-order chi connectivity index (χ0) is 18.4. The topological polar surface area (TPSA) is 90.0 Å². The van der Waals surface area contributed by atoms with Gasteiger partial charge in [0.25, 0.3) is 10.0 Å². The molecule has 0 N–H and O–H groups in total. The van der Waals surface area contributed by atoms with Crippen LogP contribution in [0.2, 0.25) is 0 Å². The van der Waals surface area contributed by atoms with Gasteiger partial charge in [0.2, 0.25) is 0 Å². The molecule has 2 aromatic carbocycles. The van der Waals surface area contributed by atoms with Crippen LogP contribution in [0.5, 0.6) is 0 Å². The van der Waals surface area contributed by atoms with Crippen molar-refractivity contribution in [1.82, 2.24) is 4.47 Å². The van der Waals surface area contributed by atoms with Gasteiger partial charge in [0.15, 0.2) is 12.4 Å². The van der Waals surface area contributed by atoms with Crippen LogP contribution >= 0.6 is 0 Å². The summed E-state index contributed by atoms with van der Waals surface area (Å²) < 4.78 is 30.0. The van der Waals surface area contributed by atoms with Crippen molar-refractivity contribution in [2.75, 3.05) is 20.8 Å². The van der Waals surface area contributed by atoms with Crippen LogP contribution in [0.4, 0.5) is 0 Å². The van der Waals surface area contributed by atoms with Crippen molar-refractivity contribution in [2.45, 2.75) is 4.90 Å². The summed E-state index contributed by atoms with van der Waals surface area (Å²) in [4.78, 5) is 28.6. The first-order valence-electron chi connectivity index (χ1n) is 7.24. The van der Waals surface area contributed by atoms with E-state index < -0.39 is 22.6 Å². The lowest BCUT2D eigenvalue weighted by Crippen LogP contribution is -2.26. The van der Waals surface area contributed by atoms with Gasteiger partial charge >= 0.3 is 5.97 Å². The Bertz CT molecular complexity index is 864. The van der Waals surface area contributed by atoms with Crippen LogP contribution in [0.15, 0.2) is 59.5 Å². The second-order valence-corrected chi connectivity index (χ2v) is 6.93. The van der Waals surface area contributed by atoms with Crippen LogP contribution < -0.4 is 0 Å². The molecule has 0 radical (unpaired) electrons. The summed E-state index contributed by atoms with van der Waals surface area (Å²) in [6.07, 6.45) is 0. The summed E-state index contributed by atoms with van der Waals surface area (Å²) in [6.45, 7) is -0.433. The molecule has 0 amide bonds. The Balaban J connectivity index is 2.10. The first-order chi connectivity index (χ1) is 11.9. The lowest BCUT2D eigenvalue weighted by Gasteiger charge is -2.14. The molecule has 0 heterocycles. The molecule has 25 heavy (non-hydrogen) atoms. The highest BCUT2D eigenvalue weighted by molar-refractivity contribution is 7.89. The molecule has 0 aliphatic carbocycles. The predicted molar refractivity (Wildman–Crippen MR) is 89.5 cm³/mol. The zero-order valence-corrected chi connectivity index (χ0v) is 14.5. The molecule has 0 atom stereocenters. The lowest BCUT2D eigenvalue weighted by molar-refractivity contribution is -0.0258. The van der Waals surface area contributed by atoms with E-state index in [4.69, 9.17) is 4.74 Å². The van der Waals surface area contributed by atoms with E-state index >= 15 is 0 Å². The minimum Gasteiger partial charge on any atom is -0.454 e. The second kappa shape index (κ2) is 8.02. The van der Waals surface area contributed by atoms with E-state index in [0.29, 0.717) is 10.0 Å². The highest BCUT2D eigenvalue weighted by atomic mass is 32.2. The number of benzene rings is 2. The van der Waals surface area contributed by atoms with Crippen LogP contribution in [0.25, 0.3) is 0 Å². The van der Waals surface area contributed by atoms with Crippen LogP contribution in [0.1, 0.15) is 20.7 Å². The molecule has 0 aromatic heterocycles. The number of Topliss-reactive ketones (excluding diaryl/α,β-unsaturated/α-hetero) is 1. The monoisotopic (exact) mass is 363 g/mol. The maximum atomic E-state index is 12.2. The second-order valence-electron chi connectivity index (χ2n) is 4.99. The Labute approximate surface area is 145 Å². The van der Waals surface area contributed by atoms with Gasteiger partial charge in [-0.25, -0.2) is 13.2 Å². The van der Waals surface area contributed by atoms with Gasteiger partial charge in [-0.1, -0.05) is 40.9 Å². The summed E-state index contributed by atoms with van der Waals surface area (Å²) in [5.41, 5.74) is 0.444. The van der Waals surface area contributed by atoms with Crippen molar-refractivity contribution in [3.05, 3.63) is 65.7 Å². The number of carbonyl (C=O) groups excluding carboxylic acids is 2. The van der Waals surface area contributed by atoms with Crippen LogP contribution in [-0.2, 0) is 19.6 Å². The summed E-state index contributed by atoms with van der Waals surface area (Å²) in [5.74, 6) is -1.14. The molecular weight excluding hydrogens is 346 g/mol. The minimum absolute atomic E-state index is 0.0199. The molecule has 0 unspecified atom stereocenters. The number of sulfonamides is 1. The highest BCUT2D eigenvalue weighted by Gasteiger charge is 2.22. The van der Waals surface area contributed by atoms with Gasteiger partial charge in [0.05, 0.1) is 17.6 Å². The summed E-state index contributed by atoms with van der Waals surface area (Å²) in [5, 5.41) is 0. The molecule has 7 nitrogen and oxygen atoms in total. The van der Waals surface area contributed by atoms with E-state index in [1.807, 2.05) is 0 Å². The first-order valence-corrected chi connectivity index (χ1v) is 8.68. The quantitative estimate of drug-likeness (QED) is 0.424. The smallest absolute Gasteiger partial charge is 0.338 e. The van der Waals surface area contributed by atoms with E-state index in [0.717, 1.165) is 0 Å². The van der Waals surface area contributed by atoms with Crippen LogP contribution in [-0.4, -0.2) is 45.4 Å². The van der Waals surface area contributed by atoms with Gasteiger partial charge in [0, 0.05) is 12.6 Å². The number of esters is 1. The van der Waals surface area contributed by atoms with Gasteiger partial charge in [-0.15, -0.1) is 0 Å². The Morgan fingerprint density at radius 1 is 1.00 bits per heavy atom. The molecule has 2 aromatic rings. The standard InChI is InChI=1S/C17H17NO6S/c1-18(23-2)25(21,22)15-10-6-9-14(11-15)17(20)24-12-16(19)13-7-4-3-5-8-13/h3-11H,12H2,1-2H3. The Morgan fingerprint density at radius 3 is 2.28 bits per heavy atom. The zero-order valence-electron chi connectivity index (χ0n) is 13.7. The number of ether oxygens (including phenoxy) is 1. The Morgan fingerprint density at radius 2 is 1.64 bits per heavy atom. The molecule has 0 aliphatic heterocycles. The molecule has 0 saturated heterocycles. The fourth-order valence-corrected chi connectivity index (χ4v) is 2.97. The third-order valence-electron chi connectivity index (χ3n) is 3.39. The summed E-state index contributed by atoms with van der Waals surface area (Å²) >= 11 is 0. The van der Waals surface area contributed by atoms with Gasteiger partial charge in [0.1, 0.15) is 0 Å². The number of rotatable bonds is 7. The van der Waals surface area contributed by atoms with Gasteiger partial charge in [-0.2, -0.15) is 0 Å². The van der Waals surface area contributed by atoms with E-state index in [9.17, 15) is 18.0 Å². The maximum absolute atomic E-state index is 12.2. The van der Waals surface area contributed by atoms with Gasteiger partial charge in [-0.05, 0) is 18.2 Å². The highest BCUT2D eigenvalue weighted by Crippen LogP contribution is 2.16. The van der Waals surface area contributed by atoms with Gasteiger partial charge < -0.3 is 4.74 Å². The fourth-order valence-electron chi connectivity index (χ4n) is 1.95.